The second-order valence-electron chi connectivity index (χ2n) is 4.54. The molecule has 2 nitrogen and oxygen atoms in total. The monoisotopic (exact) mass is 181 g/mol. The third kappa shape index (κ3) is 1.41. The highest BCUT2D eigenvalue weighted by Crippen LogP contribution is 2.38. The van der Waals surface area contributed by atoms with Gasteiger partial charge in [-0.25, -0.2) is 0 Å². The highest BCUT2D eigenvalue weighted by Gasteiger charge is 2.44. The quantitative estimate of drug-likeness (QED) is 0.648. The number of likely N-dealkylation sites (N-methyl/N-ethyl adjacent to an activating group) is 1. The van der Waals surface area contributed by atoms with Crippen LogP contribution in [-0.4, -0.2) is 29.8 Å². The minimum atomic E-state index is 0.273. The molecular formula is C11H19NO. The maximum Gasteiger partial charge on any atom is 0.150 e. The van der Waals surface area contributed by atoms with Crippen molar-refractivity contribution in [3.05, 3.63) is 0 Å². The number of ketones is 1. The highest BCUT2D eigenvalue weighted by molar-refractivity contribution is 5.85. The molecule has 0 amide bonds. The Bertz CT molecular complexity index is 214. The number of carbonyl (C=O) groups excluding carboxylic acids is 1. The Morgan fingerprint density at radius 1 is 1.54 bits per heavy atom. The van der Waals surface area contributed by atoms with Crippen molar-refractivity contribution >= 4 is 5.78 Å². The van der Waals surface area contributed by atoms with Crippen LogP contribution in [-0.2, 0) is 4.79 Å². The Labute approximate surface area is 80.3 Å². The van der Waals surface area contributed by atoms with Crippen LogP contribution in [0.5, 0.6) is 0 Å². The fraction of sp³-hybridized carbons (Fsp3) is 0.909. The number of nitrogens with zero attached hydrogens (tertiary/aromatic N) is 1. The maximum atomic E-state index is 11.6. The molecule has 0 radical (unpaired) electrons. The molecule has 0 aliphatic carbocycles. The van der Waals surface area contributed by atoms with Gasteiger partial charge in [-0.1, -0.05) is 13.3 Å². The molecule has 2 fully saturated rings. The van der Waals surface area contributed by atoms with Gasteiger partial charge in [-0.05, 0) is 32.2 Å². The summed E-state index contributed by atoms with van der Waals surface area (Å²) in [6, 6.07) is 0.984. The van der Waals surface area contributed by atoms with E-state index in [1.807, 2.05) is 0 Å². The van der Waals surface area contributed by atoms with E-state index in [4.69, 9.17) is 0 Å². The standard InChI is InChI=1S/C11H19NO/c1-3-4-8-7-10-11(13)6-5-9(8)12(10)2/h8-10H,3-7H2,1-2H3/t8?,9-,10-/m1/s1. The average Bonchev–Trinajstić information content (AvgIpc) is 2.29. The lowest BCUT2D eigenvalue weighted by Crippen LogP contribution is -2.43. The Morgan fingerprint density at radius 3 is 2.92 bits per heavy atom. The third-order valence-corrected chi connectivity index (χ3v) is 3.80. The summed E-state index contributed by atoms with van der Waals surface area (Å²) in [6.45, 7) is 2.24. The molecule has 2 saturated heterocycles. The summed E-state index contributed by atoms with van der Waals surface area (Å²) in [7, 11) is 2.13. The zero-order chi connectivity index (χ0) is 9.42. The molecule has 2 aliphatic heterocycles. The summed E-state index contributed by atoms with van der Waals surface area (Å²) < 4.78 is 0. The number of fused-ring (bicyclic) bond motifs is 2. The fourth-order valence-electron chi connectivity index (χ4n) is 3.11. The first-order valence-corrected chi connectivity index (χ1v) is 5.48. The molecule has 0 spiro atoms. The fourth-order valence-corrected chi connectivity index (χ4v) is 3.11. The van der Waals surface area contributed by atoms with Crippen molar-refractivity contribution in [1.29, 1.82) is 0 Å². The Morgan fingerprint density at radius 2 is 2.31 bits per heavy atom. The number of rotatable bonds is 2. The van der Waals surface area contributed by atoms with Gasteiger partial charge < -0.3 is 0 Å². The van der Waals surface area contributed by atoms with Gasteiger partial charge in [0.2, 0.25) is 0 Å². The molecule has 2 aliphatic rings. The number of Topliss-reactive ketones (excluding diaryl/α,β-unsaturated/α-hetero) is 1. The first-order valence-electron chi connectivity index (χ1n) is 5.48. The van der Waals surface area contributed by atoms with E-state index in [1.54, 1.807) is 0 Å². The maximum absolute atomic E-state index is 11.6. The third-order valence-electron chi connectivity index (χ3n) is 3.80. The van der Waals surface area contributed by atoms with Crippen molar-refractivity contribution in [3.8, 4) is 0 Å². The number of piperidine rings is 1. The second kappa shape index (κ2) is 3.41. The van der Waals surface area contributed by atoms with Gasteiger partial charge in [0, 0.05) is 12.5 Å². The van der Waals surface area contributed by atoms with Crippen molar-refractivity contribution in [2.45, 2.75) is 51.1 Å². The Kier molecular flexibility index (Phi) is 2.41. The van der Waals surface area contributed by atoms with Crippen LogP contribution in [0.25, 0.3) is 0 Å². The van der Waals surface area contributed by atoms with Gasteiger partial charge >= 0.3 is 0 Å². The molecule has 2 bridgehead atoms. The van der Waals surface area contributed by atoms with Crippen LogP contribution in [0.4, 0.5) is 0 Å². The predicted octanol–water partition coefficient (Wildman–Crippen LogP) is 1.84. The predicted molar refractivity (Wildman–Crippen MR) is 52.6 cm³/mol. The lowest BCUT2D eigenvalue weighted by molar-refractivity contribution is -0.125. The molecule has 2 rings (SSSR count). The van der Waals surface area contributed by atoms with Gasteiger partial charge in [0.25, 0.3) is 0 Å². The lowest BCUT2D eigenvalue weighted by Gasteiger charge is -2.31. The van der Waals surface area contributed by atoms with E-state index >= 15 is 0 Å². The summed E-state index contributed by atoms with van der Waals surface area (Å²) in [5, 5.41) is 0. The smallest absolute Gasteiger partial charge is 0.150 e. The van der Waals surface area contributed by atoms with Crippen LogP contribution >= 0.6 is 0 Å². The SMILES string of the molecule is CCCC1C[C@@H]2C(=O)CC[C@H]1N2C. The van der Waals surface area contributed by atoms with Gasteiger partial charge in [0.1, 0.15) is 5.78 Å². The average molecular weight is 181 g/mol. The first-order chi connectivity index (χ1) is 6.24. The van der Waals surface area contributed by atoms with Gasteiger partial charge in [0.05, 0.1) is 6.04 Å². The summed E-state index contributed by atoms with van der Waals surface area (Å²) in [5.74, 6) is 1.28. The summed E-state index contributed by atoms with van der Waals surface area (Å²) in [5.41, 5.74) is 0. The first kappa shape index (κ1) is 9.20. The Hall–Kier alpha value is -0.370. The zero-order valence-corrected chi connectivity index (χ0v) is 8.62. The number of hydrogen-bond donors (Lipinski definition) is 0. The summed E-state index contributed by atoms with van der Waals surface area (Å²) in [6.07, 6.45) is 5.64. The van der Waals surface area contributed by atoms with E-state index in [0.29, 0.717) is 11.8 Å². The van der Waals surface area contributed by atoms with E-state index in [-0.39, 0.29) is 6.04 Å². The second-order valence-corrected chi connectivity index (χ2v) is 4.54. The van der Waals surface area contributed by atoms with Crippen LogP contribution in [0.2, 0.25) is 0 Å². The lowest BCUT2D eigenvalue weighted by atomic mass is 9.93. The van der Waals surface area contributed by atoms with Crippen LogP contribution in [0.1, 0.15) is 39.0 Å². The van der Waals surface area contributed by atoms with Crippen LogP contribution in [0, 0.1) is 5.92 Å². The summed E-state index contributed by atoms with van der Waals surface area (Å²) >= 11 is 0. The Balaban J connectivity index is 2.09. The van der Waals surface area contributed by atoms with Crippen molar-refractivity contribution in [2.75, 3.05) is 7.05 Å². The molecule has 2 heteroatoms. The molecule has 0 N–H and O–H groups in total. The molecule has 0 aromatic rings. The minimum absolute atomic E-state index is 0.273. The van der Waals surface area contributed by atoms with Gasteiger partial charge in [0.15, 0.2) is 0 Å². The van der Waals surface area contributed by atoms with Crippen LogP contribution < -0.4 is 0 Å². The van der Waals surface area contributed by atoms with E-state index in [9.17, 15) is 4.79 Å². The van der Waals surface area contributed by atoms with Crippen molar-refractivity contribution in [2.24, 2.45) is 5.92 Å². The number of hydrogen-bond acceptors (Lipinski definition) is 2. The van der Waals surface area contributed by atoms with Gasteiger partial charge in [-0.3, -0.25) is 9.69 Å². The minimum Gasteiger partial charge on any atom is -0.298 e. The molecule has 0 aromatic carbocycles. The molecular weight excluding hydrogens is 162 g/mol. The summed E-state index contributed by atoms with van der Waals surface area (Å²) in [4.78, 5) is 13.9. The van der Waals surface area contributed by atoms with Gasteiger partial charge in [-0.2, -0.15) is 0 Å². The molecule has 3 atom stereocenters. The highest BCUT2D eigenvalue weighted by atomic mass is 16.1. The van der Waals surface area contributed by atoms with Gasteiger partial charge in [-0.15, -0.1) is 0 Å². The van der Waals surface area contributed by atoms with Crippen LogP contribution in [0.15, 0.2) is 0 Å². The van der Waals surface area contributed by atoms with Crippen molar-refractivity contribution < 1.29 is 4.79 Å². The largest absolute Gasteiger partial charge is 0.298 e. The van der Waals surface area contributed by atoms with Crippen molar-refractivity contribution in [3.63, 3.8) is 0 Å². The molecule has 13 heavy (non-hydrogen) atoms. The normalized spacial score (nSPS) is 39.8. The molecule has 1 unspecified atom stereocenters. The molecule has 2 heterocycles. The van der Waals surface area contributed by atoms with E-state index in [1.165, 1.54) is 12.8 Å². The zero-order valence-electron chi connectivity index (χ0n) is 8.62. The van der Waals surface area contributed by atoms with E-state index in [2.05, 4.69) is 18.9 Å². The molecule has 74 valence electrons. The van der Waals surface area contributed by atoms with E-state index < -0.39 is 0 Å². The van der Waals surface area contributed by atoms with Crippen molar-refractivity contribution in [1.82, 2.24) is 4.90 Å². The number of carbonyl (C=O) groups is 1. The molecule has 0 saturated carbocycles. The molecule has 0 aromatic heterocycles. The van der Waals surface area contributed by atoms with Crippen LogP contribution in [0.3, 0.4) is 0 Å². The van der Waals surface area contributed by atoms with E-state index in [0.717, 1.165) is 25.2 Å². The topological polar surface area (TPSA) is 20.3 Å².